The fourth-order valence-corrected chi connectivity index (χ4v) is 6.18. The van der Waals surface area contributed by atoms with Crippen LogP contribution in [0.15, 0.2) is 78.9 Å². The summed E-state index contributed by atoms with van der Waals surface area (Å²) in [5.41, 5.74) is 3.86. The molecule has 1 aliphatic heterocycles. The average Bonchev–Trinajstić information content (AvgIpc) is 3.20. The summed E-state index contributed by atoms with van der Waals surface area (Å²) >= 11 is 0.261. The van der Waals surface area contributed by atoms with Gasteiger partial charge in [-0.3, -0.25) is 0 Å². The molecule has 4 aromatic rings. The number of hydrogen-bond donors (Lipinski definition) is 2. The Balaban J connectivity index is 1.46. The Morgan fingerprint density at radius 2 is 1.71 bits per heavy atom. The van der Waals surface area contributed by atoms with Crippen LogP contribution in [0.4, 0.5) is 5.69 Å². The quantitative estimate of drug-likeness (QED) is 0.304. The Morgan fingerprint density at radius 3 is 2.50 bits per heavy atom. The summed E-state index contributed by atoms with van der Waals surface area (Å²) in [6.45, 7) is 2.39. The number of nitrogens with one attached hydrogen (secondary N) is 1. The van der Waals surface area contributed by atoms with E-state index in [1.807, 2.05) is 71.3 Å². The first-order valence-electron chi connectivity index (χ1n) is 11.2. The second-order valence-electron chi connectivity index (χ2n) is 8.17. The molecule has 0 aliphatic carbocycles. The Morgan fingerprint density at radius 1 is 1.00 bits per heavy atom. The molecule has 3 aromatic carbocycles. The minimum atomic E-state index is -1.32. The molecule has 1 unspecified atom stereocenters. The zero-order valence-corrected chi connectivity index (χ0v) is 20.5. The molecule has 0 spiro atoms. The number of anilines is 1. The van der Waals surface area contributed by atoms with Crippen molar-refractivity contribution >= 4 is 47.8 Å². The number of benzene rings is 3. The van der Waals surface area contributed by atoms with Crippen molar-refractivity contribution in [2.45, 2.75) is 25.0 Å². The third-order valence-corrected chi connectivity index (χ3v) is 8.18. The molecule has 34 heavy (non-hydrogen) atoms. The van der Waals surface area contributed by atoms with Crippen LogP contribution in [0, 0.1) is 0 Å². The molecule has 0 bridgehead atoms. The van der Waals surface area contributed by atoms with Crippen LogP contribution in [0.1, 0.15) is 18.6 Å². The summed E-state index contributed by atoms with van der Waals surface area (Å²) in [6, 6.07) is 25.6. The molecule has 2 amide bonds. The maximum absolute atomic E-state index is 13.0. The standard InChI is InChI=1S/C27H25N3O3Se/c1-18(31)29-17-30-22-13-7-5-11-20(22)24(25(30)21-12-6-8-14-23(21)29)26(32)27(33)28-15-16-34-19-9-3-2-4-10-19/h2-14,26,32H,15-17H2,1H3,(H,28,33). The van der Waals surface area contributed by atoms with Gasteiger partial charge in [0.1, 0.15) is 0 Å². The number of amides is 2. The number of nitrogens with zero attached hydrogens (tertiary/aromatic N) is 2. The van der Waals surface area contributed by atoms with Gasteiger partial charge in [-0.1, -0.05) is 0 Å². The van der Waals surface area contributed by atoms with Crippen molar-refractivity contribution in [2.75, 3.05) is 11.4 Å². The molecule has 1 aliphatic rings. The number of aliphatic hydroxyl groups excluding tert-OH is 1. The summed E-state index contributed by atoms with van der Waals surface area (Å²) < 4.78 is 3.30. The van der Waals surface area contributed by atoms with Gasteiger partial charge in [0, 0.05) is 0 Å². The van der Waals surface area contributed by atoms with Crippen LogP contribution in [0.5, 0.6) is 0 Å². The van der Waals surface area contributed by atoms with E-state index in [4.69, 9.17) is 0 Å². The molecule has 2 N–H and O–H groups in total. The second kappa shape index (κ2) is 9.47. The predicted octanol–water partition coefficient (Wildman–Crippen LogP) is 3.23. The van der Waals surface area contributed by atoms with Crippen molar-refractivity contribution in [3.63, 3.8) is 0 Å². The van der Waals surface area contributed by atoms with Crippen LogP contribution in [0.3, 0.4) is 0 Å². The maximum atomic E-state index is 13.0. The number of fused-ring (bicyclic) bond motifs is 5. The van der Waals surface area contributed by atoms with E-state index >= 15 is 0 Å². The Labute approximate surface area is 204 Å². The summed E-state index contributed by atoms with van der Waals surface area (Å²) in [5.74, 6) is -0.467. The molecule has 6 nitrogen and oxygen atoms in total. The molecule has 0 radical (unpaired) electrons. The topological polar surface area (TPSA) is 74.6 Å². The van der Waals surface area contributed by atoms with E-state index < -0.39 is 12.0 Å². The van der Waals surface area contributed by atoms with Crippen molar-refractivity contribution in [2.24, 2.45) is 0 Å². The first-order chi connectivity index (χ1) is 16.6. The SMILES string of the molecule is CC(=O)N1Cn2c(c(C(O)C(=O)NCC[Se]c3ccccc3)c3ccccc32)-c2ccccc21. The molecular weight excluding hydrogens is 493 g/mol. The van der Waals surface area contributed by atoms with Crippen LogP contribution in [-0.2, 0) is 16.3 Å². The van der Waals surface area contributed by atoms with Crippen LogP contribution in [0.25, 0.3) is 22.2 Å². The van der Waals surface area contributed by atoms with E-state index in [2.05, 4.69) is 17.4 Å². The van der Waals surface area contributed by atoms with Crippen LogP contribution in [0.2, 0.25) is 5.32 Å². The number of aliphatic hydroxyl groups is 1. The molecule has 172 valence electrons. The zero-order valence-electron chi connectivity index (χ0n) is 18.8. The zero-order chi connectivity index (χ0) is 23.7. The van der Waals surface area contributed by atoms with Crippen LogP contribution >= 0.6 is 0 Å². The van der Waals surface area contributed by atoms with Gasteiger partial charge < -0.3 is 0 Å². The van der Waals surface area contributed by atoms with E-state index in [0.717, 1.165) is 33.2 Å². The summed E-state index contributed by atoms with van der Waals surface area (Å²) in [7, 11) is 0. The fraction of sp³-hybridized carbons (Fsp3) is 0.185. The molecule has 2 heterocycles. The molecule has 1 aromatic heterocycles. The van der Waals surface area contributed by atoms with Gasteiger partial charge in [-0.2, -0.15) is 0 Å². The average molecular weight is 518 g/mol. The monoisotopic (exact) mass is 519 g/mol. The third-order valence-electron chi connectivity index (χ3n) is 6.06. The van der Waals surface area contributed by atoms with E-state index in [1.165, 1.54) is 4.46 Å². The molecule has 1 atom stereocenters. The van der Waals surface area contributed by atoms with Gasteiger partial charge in [0.2, 0.25) is 0 Å². The fourth-order valence-electron chi connectivity index (χ4n) is 4.53. The van der Waals surface area contributed by atoms with Crippen molar-refractivity contribution in [1.29, 1.82) is 0 Å². The first kappa shape index (κ1) is 22.4. The van der Waals surface area contributed by atoms with E-state index in [9.17, 15) is 14.7 Å². The molecule has 0 saturated carbocycles. The molecule has 0 saturated heterocycles. The Bertz CT molecular complexity index is 1370. The molecular formula is C27H25N3O3Se. The number of rotatable bonds is 6. The minimum absolute atomic E-state index is 0.0592. The van der Waals surface area contributed by atoms with Gasteiger partial charge in [0.05, 0.1) is 0 Å². The van der Waals surface area contributed by atoms with E-state index in [0.29, 0.717) is 18.8 Å². The van der Waals surface area contributed by atoms with E-state index in [-0.39, 0.29) is 20.9 Å². The molecule has 5 rings (SSSR count). The van der Waals surface area contributed by atoms with Crippen molar-refractivity contribution in [3.05, 3.63) is 84.4 Å². The number of aromatic nitrogens is 1. The number of hydrogen-bond acceptors (Lipinski definition) is 3. The number of carbonyl (C=O) groups is 2. The number of para-hydroxylation sites is 2. The van der Waals surface area contributed by atoms with Gasteiger partial charge in [-0.25, -0.2) is 0 Å². The van der Waals surface area contributed by atoms with Crippen LogP contribution in [-0.4, -0.2) is 43.0 Å². The Hall–Kier alpha value is -3.38. The summed E-state index contributed by atoms with van der Waals surface area (Å²) in [4.78, 5) is 27.2. The summed E-state index contributed by atoms with van der Waals surface area (Å²) in [5, 5.41) is 15.8. The van der Waals surface area contributed by atoms with E-state index in [1.54, 1.807) is 11.8 Å². The van der Waals surface area contributed by atoms with Crippen molar-refractivity contribution in [1.82, 2.24) is 9.88 Å². The van der Waals surface area contributed by atoms with Gasteiger partial charge in [-0.15, -0.1) is 0 Å². The van der Waals surface area contributed by atoms with Crippen molar-refractivity contribution < 1.29 is 14.7 Å². The number of carbonyl (C=O) groups excluding carboxylic acids is 2. The van der Waals surface area contributed by atoms with Gasteiger partial charge in [-0.05, 0) is 0 Å². The normalized spacial score (nSPS) is 13.3. The molecule has 7 heteroatoms. The predicted molar refractivity (Wildman–Crippen MR) is 135 cm³/mol. The third kappa shape index (κ3) is 4.03. The second-order valence-corrected chi connectivity index (χ2v) is 10.6. The van der Waals surface area contributed by atoms with Gasteiger partial charge >= 0.3 is 205 Å². The van der Waals surface area contributed by atoms with Gasteiger partial charge in [0.25, 0.3) is 0 Å². The van der Waals surface area contributed by atoms with Crippen molar-refractivity contribution in [3.8, 4) is 11.3 Å². The van der Waals surface area contributed by atoms with Crippen LogP contribution < -0.4 is 14.7 Å². The molecule has 0 fully saturated rings. The first-order valence-corrected chi connectivity index (χ1v) is 13.3. The summed E-state index contributed by atoms with van der Waals surface area (Å²) in [6.07, 6.45) is -1.32. The van der Waals surface area contributed by atoms with Gasteiger partial charge in [0.15, 0.2) is 0 Å². The Kier molecular flexibility index (Phi) is 6.24.